The molecular weight excluding hydrogens is 356 g/mol. The van der Waals surface area contributed by atoms with Crippen molar-refractivity contribution in [3.63, 3.8) is 0 Å². The van der Waals surface area contributed by atoms with Gasteiger partial charge in [-0.15, -0.1) is 0 Å². The smallest absolute Gasteiger partial charge is 0.326 e. The van der Waals surface area contributed by atoms with E-state index in [4.69, 9.17) is 5.26 Å². The Morgan fingerprint density at radius 3 is 2.11 bits per heavy atom. The number of rotatable bonds is 7. The third kappa shape index (κ3) is 5.04. The minimum Gasteiger partial charge on any atom is -0.480 e. The highest BCUT2D eigenvalue weighted by molar-refractivity contribution is 5.98. The topological polar surface area (TPSA) is 98.5 Å². The van der Waals surface area contributed by atoms with Gasteiger partial charge in [0.2, 0.25) is 0 Å². The summed E-state index contributed by atoms with van der Waals surface area (Å²) in [6.07, 6.45) is -0.0979. The summed E-state index contributed by atoms with van der Waals surface area (Å²) in [6.45, 7) is 3.77. The molecule has 0 aliphatic rings. The largest absolute Gasteiger partial charge is 0.480 e. The number of hydrogen-bond acceptors (Lipinski definition) is 4. The Morgan fingerprint density at radius 2 is 1.61 bits per heavy atom. The van der Waals surface area contributed by atoms with E-state index in [1.807, 2.05) is 26.0 Å². The van der Waals surface area contributed by atoms with Crippen LogP contribution in [0.3, 0.4) is 0 Å². The summed E-state index contributed by atoms with van der Waals surface area (Å²) in [5.41, 5.74) is 3.39. The van der Waals surface area contributed by atoms with E-state index < -0.39 is 12.0 Å². The Balaban J connectivity index is 2.20. The van der Waals surface area contributed by atoms with Crippen molar-refractivity contribution in [2.45, 2.75) is 32.7 Å². The number of aryl methyl sites for hydroxylation is 2. The summed E-state index contributed by atoms with van der Waals surface area (Å²) in [5.74, 6) is -1.75. The zero-order valence-corrected chi connectivity index (χ0v) is 16.1. The van der Waals surface area contributed by atoms with Gasteiger partial charge in [-0.1, -0.05) is 41.5 Å². The fourth-order valence-corrected chi connectivity index (χ4v) is 3.06. The first kappa shape index (κ1) is 20.8. The Hall–Kier alpha value is -3.46. The molecule has 2 aromatic rings. The Bertz CT molecular complexity index is 922. The first-order chi connectivity index (χ1) is 13.2. The lowest BCUT2D eigenvalue weighted by atomic mass is 10.0. The van der Waals surface area contributed by atoms with Crippen molar-refractivity contribution in [2.75, 3.05) is 7.05 Å². The first-order valence-corrected chi connectivity index (χ1v) is 8.80. The molecule has 0 fully saturated rings. The molecule has 0 heterocycles. The molecule has 2 rings (SSSR count). The van der Waals surface area contributed by atoms with Gasteiger partial charge in [-0.25, -0.2) is 4.79 Å². The number of Topliss-reactive ketones (excluding diaryl/α,β-unsaturated/α-hetero) is 1. The van der Waals surface area contributed by atoms with Crippen molar-refractivity contribution < 1.29 is 19.5 Å². The third-order valence-corrected chi connectivity index (χ3v) is 4.49. The van der Waals surface area contributed by atoms with Gasteiger partial charge in [0.15, 0.2) is 5.78 Å². The predicted octanol–water partition coefficient (Wildman–Crippen LogP) is 3.17. The lowest BCUT2D eigenvalue weighted by molar-refractivity contribution is -0.141. The molecule has 28 heavy (non-hydrogen) atoms. The number of carbonyl (C=O) groups excluding carboxylic acids is 2. The molecule has 0 radical (unpaired) electrons. The maximum absolute atomic E-state index is 12.8. The van der Waals surface area contributed by atoms with Crippen LogP contribution in [0.5, 0.6) is 0 Å². The molecule has 1 amide bonds. The SMILES string of the molecule is Cc1cc(C)cc(C(=O)N(C)[C@@H](Cc2ccc(C(=O)CC#N)cc2)C(=O)O)c1. The summed E-state index contributed by atoms with van der Waals surface area (Å²) in [7, 11) is 1.48. The number of ketones is 1. The maximum atomic E-state index is 12.8. The van der Waals surface area contributed by atoms with Crippen LogP contribution >= 0.6 is 0 Å². The second kappa shape index (κ2) is 8.96. The lowest BCUT2D eigenvalue weighted by Crippen LogP contribution is -2.43. The van der Waals surface area contributed by atoms with Gasteiger partial charge in [0.1, 0.15) is 6.04 Å². The van der Waals surface area contributed by atoms with Crippen LogP contribution in [-0.4, -0.2) is 40.8 Å². The molecule has 1 atom stereocenters. The zero-order valence-electron chi connectivity index (χ0n) is 16.1. The van der Waals surface area contributed by atoms with E-state index in [1.165, 1.54) is 11.9 Å². The van der Waals surface area contributed by atoms with Crippen LogP contribution < -0.4 is 0 Å². The molecule has 6 heteroatoms. The van der Waals surface area contributed by atoms with Crippen molar-refractivity contribution in [1.29, 1.82) is 5.26 Å². The summed E-state index contributed by atoms with van der Waals surface area (Å²) in [5, 5.41) is 18.2. The highest BCUT2D eigenvalue weighted by Crippen LogP contribution is 2.16. The number of hydrogen-bond donors (Lipinski definition) is 1. The lowest BCUT2D eigenvalue weighted by Gasteiger charge is -2.25. The Kier molecular flexibility index (Phi) is 6.67. The zero-order chi connectivity index (χ0) is 20.8. The predicted molar refractivity (Wildman–Crippen MR) is 104 cm³/mol. The van der Waals surface area contributed by atoms with Crippen LogP contribution in [0.2, 0.25) is 0 Å². The number of nitrogens with zero attached hydrogens (tertiary/aromatic N) is 2. The Morgan fingerprint density at radius 1 is 1.04 bits per heavy atom. The number of aliphatic carboxylic acids is 1. The van der Waals surface area contributed by atoms with Gasteiger partial charge >= 0.3 is 5.97 Å². The van der Waals surface area contributed by atoms with Crippen molar-refractivity contribution in [3.8, 4) is 6.07 Å². The number of likely N-dealkylation sites (N-methyl/N-ethyl adjacent to an activating group) is 1. The number of carboxylic acids is 1. The number of carbonyl (C=O) groups is 3. The van der Waals surface area contributed by atoms with E-state index in [0.29, 0.717) is 16.7 Å². The van der Waals surface area contributed by atoms with Gasteiger partial charge in [0.05, 0.1) is 12.5 Å². The number of nitriles is 1. The molecule has 0 bridgehead atoms. The molecule has 0 aromatic heterocycles. The van der Waals surface area contributed by atoms with Crippen LogP contribution in [0.4, 0.5) is 0 Å². The quantitative estimate of drug-likeness (QED) is 0.746. The molecule has 0 spiro atoms. The maximum Gasteiger partial charge on any atom is 0.326 e. The van der Waals surface area contributed by atoms with Crippen molar-refractivity contribution >= 4 is 17.7 Å². The molecule has 1 N–H and O–H groups in total. The van der Waals surface area contributed by atoms with Gasteiger partial charge in [-0.05, 0) is 31.5 Å². The van der Waals surface area contributed by atoms with E-state index in [2.05, 4.69) is 0 Å². The molecular formula is C22H22N2O4. The fraction of sp³-hybridized carbons (Fsp3) is 0.273. The summed E-state index contributed by atoms with van der Waals surface area (Å²) < 4.78 is 0. The normalized spacial score (nSPS) is 11.4. The van der Waals surface area contributed by atoms with E-state index in [-0.39, 0.29) is 24.5 Å². The fourth-order valence-electron chi connectivity index (χ4n) is 3.06. The average Bonchev–Trinajstić information content (AvgIpc) is 2.64. The van der Waals surface area contributed by atoms with E-state index >= 15 is 0 Å². The third-order valence-electron chi connectivity index (χ3n) is 4.49. The molecule has 6 nitrogen and oxygen atoms in total. The highest BCUT2D eigenvalue weighted by Gasteiger charge is 2.27. The summed E-state index contributed by atoms with van der Waals surface area (Å²) in [6, 6.07) is 12.6. The van der Waals surface area contributed by atoms with Crippen molar-refractivity contribution in [3.05, 3.63) is 70.3 Å². The molecule has 0 unspecified atom stereocenters. The minimum atomic E-state index is -1.11. The first-order valence-electron chi connectivity index (χ1n) is 8.80. The van der Waals surface area contributed by atoms with E-state index in [0.717, 1.165) is 11.1 Å². The van der Waals surface area contributed by atoms with Crippen molar-refractivity contribution in [1.82, 2.24) is 4.90 Å². The van der Waals surface area contributed by atoms with Crippen LogP contribution in [0.15, 0.2) is 42.5 Å². The second-order valence-electron chi connectivity index (χ2n) is 6.81. The van der Waals surface area contributed by atoms with Gasteiger partial charge < -0.3 is 10.0 Å². The van der Waals surface area contributed by atoms with Gasteiger partial charge in [0.25, 0.3) is 5.91 Å². The molecule has 2 aromatic carbocycles. The van der Waals surface area contributed by atoms with Gasteiger partial charge in [0, 0.05) is 24.6 Å². The van der Waals surface area contributed by atoms with E-state index in [9.17, 15) is 19.5 Å². The molecule has 0 saturated heterocycles. The van der Waals surface area contributed by atoms with Crippen LogP contribution in [0, 0.1) is 25.2 Å². The monoisotopic (exact) mass is 378 g/mol. The van der Waals surface area contributed by atoms with Crippen LogP contribution in [0.1, 0.15) is 43.8 Å². The van der Waals surface area contributed by atoms with Crippen LogP contribution in [0.25, 0.3) is 0 Å². The summed E-state index contributed by atoms with van der Waals surface area (Å²) in [4.78, 5) is 37.5. The van der Waals surface area contributed by atoms with Crippen molar-refractivity contribution in [2.24, 2.45) is 0 Å². The molecule has 0 aliphatic heterocycles. The standard InChI is InChI=1S/C22H22N2O4/c1-14-10-15(2)12-18(11-14)21(26)24(3)19(22(27)28)13-16-4-6-17(7-5-16)20(25)8-9-23/h4-7,10-12,19H,8,13H2,1-3H3,(H,27,28)/t19-/m0/s1. The minimum absolute atomic E-state index is 0.106. The summed E-state index contributed by atoms with van der Waals surface area (Å²) >= 11 is 0. The molecule has 0 aliphatic carbocycles. The second-order valence-corrected chi connectivity index (χ2v) is 6.81. The van der Waals surface area contributed by atoms with Gasteiger partial charge in [-0.2, -0.15) is 5.26 Å². The van der Waals surface area contributed by atoms with E-state index in [1.54, 1.807) is 36.4 Å². The average molecular weight is 378 g/mol. The number of carboxylic acid groups (broad SMARTS) is 1. The van der Waals surface area contributed by atoms with Crippen LogP contribution in [-0.2, 0) is 11.2 Å². The molecule has 0 saturated carbocycles. The Labute approximate surface area is 164 Å². The molecule has 144 valence electrons. The van der Waals surface area contributed by atoms with Gasteiger partial charge in [-0.3, -0.25) is 9.59 Å². The number of amides is 1. The number of benzene rings is 2. The highest BCUT2D eigenvalue weighted by atomic mass is 16.4.